The van der Waals surface area contributed by atoms with Gasteiger partial charge in [0.05, 0.1) is 5.69 Å². The molecule has 0 bridgehead atoms. The fourth-order valence-corrected chi connectivity index (χ4v) is 2.91. The highest BCUT2D eigenvalue weighted by molar-refractivity contribution is 5.84. The van der Waals surface area contributed by atoms with Crippen LogP contribution in [0.2, 0.25) is 0 Å². The molecule has 21 heavy (non-hydrogen) atoms. The average molecular weight is 289 g/mol. The number of nitrogens with zero attached hydrogens (tertiary/aromatic N) is 1. The zero-order chi connectivity index (χ0) is 14.7. The molecule has 1 aromatic carbocycles. The summed E-state index contributed by atoms with van der Waals surface area (Å²) in [4.78, 5) is 14.1. The number of nitrogens with one attached hydrogen (secondary N) is 2. The predicted octanol–water partition coefficient (Wildman–Crippen LogP) is 1.44. The molecule has 5 heteroatoms. The van der Waals surface area contributed by atoms with Crippen molar-refractivity contribution in [2.24, 2.45) is 0 Å². The lowest BCUT2D eigenvalue weighted by molar-refractivity contribution is -0.122. The first kappa shape index (κ1) is 14.1. The van der Waals surface area contributed by atoms with Crippen molar-refractivity contribution in [2.75, 3.05) is 24.5 Å². The maximum Gasteiger partial charge on any atom is 0.241 e. The van der Waals surface area contributed by atoms with E-state index in [4.69, 9.17) is 0 Å². The first-order chi connectivity index (χ1) is 10.2. The molecule has 1 amide bonds. The predicted molar refractivity (Wildman–Crippen MR) is 80.7 cm³/mol. The number of rotatable bonds is 3. The van der Waals surface area contributed by atoms with Crippen molar-refractivity contribution in [3.63, 3.8) is 0 Å². The molecule has 1 aromatic rings. The lowest BCUT2D eigenvalue weighted by Gasteiger charge is -2.34. The van der Waals surface area contributed by atoms with Gasteiger partial charge in [-0.15, -0.1) is 0 Å². The third-order valence-corrected chi connectivity index (χ3v) is 4.10. The number of amides is 1. The molecule has 0 unspecified atom stereocenters. The van der Waals surface area contributed by atoms with E-state index in [9.17, 15) is 9.18 Å². The van der Waals surface area contributed by atoms with Crippen LogP contribution in [-0.4, -0.2) is 37.6 Å². The number of carbonyl (C=O) groups is 1. The van der Waals surface area contributed by atoms with E-state index in [1.165, 1.54) is 6.07 Å². The van der Waals surface area contributed by atoms with Gasteiger partial charge in [0.25, 0.3) is 0 Å². The smallest absolute Gasteiger partial charge is 0.241 e. The van der Waals surface area contributed by atoms with Gasteiger partial charge < -0.3 is 10.2 Å². The lowest BCUT2D eigenvalue weighted by atomic mass is 10.0. The summed E-state index contributed by atoms with van der Waals surface area (Å²) in [6, 6.07) is 6.83. The molecule has 0 aromatic heterocycles. The van der Waals surface area contributed by atoms with Gasteiger partial charge in [-0.05, 0) is 25.0 Å². The van der Waals surface area contributed by atoms with Gasteiger partial charge in [-0.3, -0.25) is 10.1 Å². The van der Waals surface area contributed by atoms with E-state index in [-0.39, 0.29) is 23.8 Å². The van der Waals surface area contributed by atoms with Crippen LogP contribution in [0.3, 0.4) is 0 Å². The highest BCUT2D eigenvalue weighted by Gasteiger charge is 2.25. The largest absolute Gasteiger partial charge is 0.369 e. The average Bonchev–Trinajstić information content (AvgIpc) is 3.03. The second-order valence-corrected chi connectivity index (χ2v) is 5.54. The van der Waals surface area contributed by atoms with E-state index >= 15 is 0 Å². The monoisotopic (exact) mass is 289 g/mol. The number of anilines is 1. The van der Waals surface area contributed by atoms with Gasteiger partial charge in [-0.25, -0.2) is 4.39 Å². The van der Waals surface area contributed by atoms with Crippen LogP contribution in [0.15, 0.2) is 36.4 Å². The Balaban J connectivity index is 1.52. The molecule has 0 aliphatic carbocycles. The molecule has 3 rings (SSSR count). The van der Waals surface area contributed by atoms with Crippen molar-refractivity contribution < 1.29 is 9.18 Å². The number of piperidine rings is 1. The van der Waals surface area contributed by atoms with E-state index in [1.807, 2.05) is 29.2 Å². The third kappa shape index (κ3) is 3.24. The van der Waals surface area contributed by atoms with E-state index < -0.39 is 0 Å². The lowest BCUT2D eigenvalue weighted by Crippen LogP contribution is -2.49. The highest BCUT2D eigenvalue weighted by Crippen LogP contribution is 2.22. The molecule has 1 saturated heterocycles. The standard InChI is InChI=1S/C16H20FN3O/c17-13-4-1-2-6-15(13)20-10-7-12(8-11-20)19-16(21)14-5-3-9-18-14/h1-6,12,14,18H,7-11H2,(H,19,21)/t14-/m0/s1. The summed E-state index contributed by atoms with van der Waals surface area (Å²) < 4.78 is 13.8. The number of hydrogen-bond donors (Lipinski definition) is 2. The molecule has 112 valence electrons. The summed E-state index contributed by atoms with van der Waals surface area (Å²) in [6.07, 6.45) is 5.54. The van der Waals surface area contributed by atoms with Crippen LogP contribution in [-0.2, 0) is 4.79 Å². The molecule has 4 nitrogen and oxygen atoms in total. The van der Waals surface area contributed by atoms with Crippen molar-refractivity contribution in [3.8, 4) is 0 Å². The van der Waals surface area contributed by atoms with Crippen molar-refractivity contribution >= 4 is 11.6 Å². The molecule has 0 radical (unpaired) electrons. The van der Waals surface area contributed by atoms with Crippen molar-refractivity contribution in [3.05, 3.63) is 42.2 Å². The van der Waals surface area contributed by atoms with E-state index in [2.05, 4.69) is 10.6 Å². The van der Waals surface area contributed by atoms with E-state index in [0.29, 0.717) is 5.69 Å². The Labute approximate surface area is 124 Å². The fraction of sp³-hybridized carbons (Fsp3) is 0.438. The quantitative estimate of drug-likeness (QED) is 0.828. The Bertz CT molecular complexity index is 538. The number of hydrogen-bond acceptors (Lipinski definition) is 3. The second-order valence-electron chi connectivity index (χ2n) is 5.54. The third-order valence-electron chi connectivity index (χ3n) is 4.10. The Morgan fingerprint density at radius 2 is 2.05 bits per heavy atom. The van der Waals surface area contributed by atoms with Crippen LogP contribution < -0.4 is 15.5 Å². The summed E-state index contributed by atoms with van der Waals surface area (Å²) in [5, 5.41) is 6.18. The molecular formula is C16H20FN3O. The van der Waals surface area contributed by atoms with E-state index in [1.54, 1.807) is 6.07 Å². The molecule has 2 N–H and O–H groups in total. The van der Waals surface area contributed by atoms with Gasteiger partial charge >= 0.3 is 0 Å². The Morgan fingerprint density at radius 3 is 2.71 bits per heavy atom. The Kier molecular flexibility index (Phi) is 4.20. The fourth-order valence-electron chi connectivity index (χ4n) is 2.91. The molecule has 2 aliphatic rings. The molecule has 2 aliphatic heterocycles. The van der Waals surface area contributed by atoms with Crippen LogP contribution >= 0.6 is 0 Å². The minimum atomic E-state index is -0.199. The minimum Gasteiger partial charge on any atom is -0.369 e. The molecule has 1 atom stereocenters. The first-order valence-corrected chi connectivity index (χ1v) is 7.44. The van der Waals surface area contributed by atoms with Gasteiger partial charge in [0, 0.05) is 25.7 Å². The number of para-hydroxylation sites is 1. The Morgan fingerprint density at radius 1 is 1.29 bits per heavy atom. The van der Waals surface area contributed by atoms with Crippen LogP contribution in [0.5, 0.6) is 0 Å². The molecule has 1 fully saturated rings. The summed E-state index contributed by atoms with van der Waals surface area (Å²) in [5.74, 6) is -0.145. The van der Waals surface area contributed by atoms with Crippen molar-refractivity contribution in [1.29, 1.82) is 0 Å². The highest BCUT2D eigenvalue weighted by atomic mass is 19.1. The summed E-state index contributed by atoms with van der Waals surface area (Å²) >= 11 is 0. The van der Waals surface area contributed by atoms with Gasteiger partial charge in [0.2, 0.25) is 5.91 Å². The van der Waals surface area contributed by atoms with Gasteiger partial charge in [-0.1, -0.05) is 24.3 Å². The zero-order valence-electron chi connectivity index (χ0n) is 11.9. The van der Waals surface area contributed by atoms with Gasteiger partial charge in [-0.2, -0.15) is 0 Å². The molecule has 2 heterocycles. The Hall–Kier alpha value is -1.88. The molecular weight excluding hydrogens is 269 g/mol. The zero-order valence-corrected chi connectivity index (χ0v) is 11.9. The van der Waals surface area contributed by atoms with Crippen molar-refractivity contribution in [1.82, 2.24) is 10.6 Å². The molecule has 0 saturated carbocycles. The molecule has 0 spiro atoms. The normalized spacial score (nSPS) is 22.5. The first-order valence-electron chi connectivity index (χ1n) is 7.44. The number of benzene rings is 1. The second kappa shape index (κ2) is 6.26. The summed E-state index contributed by atoms with van der Waals surface area (Å²) in [7, 11) is 0. The summed E-state index contributed by atoms with van der Waals surface area (Å²) in [5.41, 5.74) is 0.655. The summed E-state index contributed by atoms with van der Waals surface area (Å²) in [6.45, 7) is 2.28. The number of halogens is 1. The van der Waals surface area contributed by atoms with Crippen LogP contribution in [0.1, 0.15) is 12.8 Å². The number of carbonyl (C=O) groups excluding carboxylic acids is 1. The van der Waals surface area contributed by atoms with E-state index in [0.717, 1.165) is 32.5 Å². The van der Waals surface area contributed by atoms with Crippen LogP contribution in [0, 0.1) is 5.82 Å². The minimum absolute atomic E-state index is 0.0353. The SMILES string of the molecule is O=C(NC1CCN(c2ccccc2F)CC1)[C@@H]1C=CCN1. The van der Waals surface area contributed by atoms with Gasteiger partial charge in [0.15, 0.2) is 0 Å². The van der Waals surface area contributed by atoms with Gasteiger partial charge in [0.1, 0.15) is 11.9 Å². The maximum atomic E-state index is 13.8. The van der Waals surface area contributed by atoms with Crippen LogP contribution in [0.25, 0.3) is 0 Å². The maximum absolute atomic E-state index is 13.8. The van der Waals surface area contributed by atoms with Crippen molar-refractivity contribution in [2.45, 2.75) is 24.9 Å². The topological polar surface area (TPSA) is 44.4 Å². The van der Waals surface area contributed by atoms with Crippen LogP contribution in [0.4, 0.5) is 10.1 Å².